The Morgan fingerprint density at radius 3 is 2.43 bits per heavy atom. The van der Waals surface area contributed by atoms with Gasteiger partial charge in [-0.25, -0.2) is 9.59 Å². The number of aromatic hydroxyl groups is 1. The summed E-state index contributed by atoms with van der Waals surface area (Å²) in [5, 5.41) is 21.1. The van der Waals surface area contributed by atoms with Crippen molar-refractivity contribution in [3.63, 3.8) is 0 Å². The topological polar surface area (TPSA) is 93.1 Å². The number of aromatic carboxylic acids is 1. The van der Waals surface area contributed by atoms with Gasteiger partial charge in [-0.2, -0.15) is 0 Å². The van der Waals surface area contributed by atoms with E-state index in [-0.39, 0.29) is 17.3 Å². The normalized spacial score (nSPS) is 15.8. The van der Waals surface area contributed by atoms with Crippen molar-refractivity contribution < 1.29 is 19.8 Å². The summed E-state index contributed by atoms with van der Waals surface area (Å²) >= 11 is 0. The van der Waals surface area contributed by atoms with E-state index in [1.807, 2.05) is 0 Å². The third kappa shape index (κ3) is 3.63. The average molecular weight is 293 g/mol. The van der Waals surface area contributed by atoms with Crippen LogP contribution in [0.25, 0.3) is 0 Å². The minimum absolute atomic E-state index is 0.190. The van der Waals surface area contributed by atoms with Crippen LogP contribution >= 0.6 is 0 Å². The number of carboxylic acids is 1. The molecule has 1 aromatic carbocycles. The SMILES string of the molecule is CCN1CCN(C(=O)Nc2ccc(C(=O)O)c(O)c2)CC1. The Kier molecular flexibility index (Phi) is 4.64. The number of nitrogens with zero attached hydrogens (tertiary/aromatic N) is 2. The molecule has 114 valence electrons. The van der Waals surface area contributed by atoms with E-state index in [9.17, 15) is 14.7 Å². The third-order valence-corrected chi connectivity index (χ3v) is 3.59. The molecule has 1 saturated heterocycles. The standard InChI is InChI=1S/C14H19N3O4/c1-2-16-5-7-17(8-6-16)14(21)15-10-3-4-11(13(19)20)12(18)9-10/h3-4,9,18H,2,5-8H2,1H3,(H,15,21)(H,19,20). The van der Waals surface area contributed by atoms with Crippen LogP contribution < -0.4 is 5.32 Å². The predicted molar refractivity (Wildman–Crippen MR) is 77.8 cm³/mol. The van der Waals surface area contributed by atoms with Gasteiger partial charge in [-0.1, -0.05) is 6.92 Å². The first kappa shape index (κ1) is 15.1. The summed E-state index contributed by atoms with van der Waals surface area (Å²) in [5.74, 6) is -1.57. The summed E-state index contributed by atoms with van der Waals surface area (Å²) in [7, 11) is 0. The van der Waals surface area contributed by atoms with E-state index in [1.165, 1.54) is 18.2 Å². The number of hydrogen-bond acceptors (Lipinski definition) is 4. The van der Waals surface area contributed by atoms with Crippen molar-refractivity contribution in [3.05, 3.63) is 23.8 Å². The molecule has 1 aliphatic heterocycles. The lowest BCUT2D eigenvalue weighted by Crippen LogP contribution is -2.49. The number of phenols is 1. The van der Waals surface area contributed by atoms with E-state index >= 15 is 0 Å². The highest BCUT2D eigenvalue weighted by Gasteiger charge is 2.20. The maximum absolute atomic E-state index is 12.1. The number of hydrogen-bond donors (Lipinski definition) is 3. The van der Waals surface area contributed by atoms with E-state index in [1.54, 1.807) is 4.90 Å². The minimum Gasteiger partial charge on any atom is -0.507 e. The van der Waals surface area contributed by atoms with Crippen molar-refractivity contribution in [3.8, 4) is 5.75 Å². The molecule has 0 bridgehead atoms. The van der Waals surface area contributed by atoms with Crippen LogP contribution in [0.5, 0.6) is 5.75 Å². The van der Waals surface area contributed by atoms with Gasteiger partial charge in [0.1, 0.15) is 11.3 Å². The van der Waals surface area contributed by atoms with Crippen molar-refractivity contribution in [1.29, 1.82) is 0 Å². The number of benzene rings is 1. The lowest BCUT2D eigenvalue weighted by Gasteiger charge is -2.34. The summed E-state index contributed by atoms with van der Waals surface area (Å²) in [4.78, 5) is 26.9. The van der Waals surface area contributed by atoms with Crippen LogP contribution in [-0.2, 0) is 0 Å². The number of urea groups is 1. The second-order valence-electron chi connectivity index (χ2n) is 4.89. The van der Waals surface area contributed by atoms with E-state index in [0.717, 1.165) is 19.6 Å². The molecule has 7 nitrogen and oxygen atoms in total. The fourth-order valence-corrected chi connectivity index (χ4v) is 2.26. The number of amides is 2. The number of anilines is 1. The number of likely N-dealkylation sites (N-methyl/N-ethyl adjacent to an activating group) is 1. The highest BCUT2D eigenvalue weighted by atomic mass is 16.4. The maximum atomic E-state index is 12.1. The number of piperazine rings is 1. The molecule has 1 aliphatic rings. The average Bonchev–Trinajstić information content (AvgIpc) is 2.47. The molecule has 21 heavy (non-hydrogen) atoms. The Labute approximate surface area is 122 Å². The van der Waals surface area contributed by atoms with Crippen LogP contribution in [0.2, 0.25) is 0 Å². The van der Waals surface area contributed by atoms with Gasteiger partial charge in [0.25, 0.3) is 0 Å². The predicted octanol–water partition coefficient (Wildman–Crippen LogP) is 1.26. The Hall–Kier alpha value is -2.28. The van der Waals surface area contributed by atoms with Gasteiger partial charge in [0.15, 0.2) is 0 Å². The monoisotopic (exact) mass is 293 g/mol. The molecule has 1 fully saturated rings. The van der Waals surface area contributed by atoms with Crippen LogP contribution in [0.4, 0.5) is 10.5 Å². The summed E-state index contributed by atoms with van der Waals surface area (Å²) in [5.41, 5.74) is 0.185. The molecule has 2 amide bonds. The van der Waals surface area contributed by atoms with E-state index in [0.29, 0.717) is 18.8 Å². The zero-order valence-corrected chi connectivity index (χ0v) is 11.9. The third-order valence-electron chi connectivity index (χ3n) is 3.59. The number of rotatable bonds is 3. The number of nitrogens with one attached hydrogen (secondary N) is 1. The van der Waals surface area contributed by atoms with Crippen molar-refractivity contribution in [2.45, 2.75) is 6.92 Å². The fourth-order valence-electron chi connectivity index (χ4n) is 2.26. The number of carbonyl (C=O) groups is 2. The zero-order chi connectivity index (χ0) is 15.4. The molecule has 1 aromatic rings. The molecule has 0 saturated carbocycles. The molecular weight excluding hydrogens is 274 g/mol. The summed E-state index contributed by atoms with van der Waals surface area (Å²) in [6, 6.07) is 3.73. The molecule has 1 heterocycles. The molecule has 0 unspecified atom stereocenters. The first-order chi connectivity index (χ1) is 10.0. The molecule has 0 spiro atoms. The summed E-state index contributed by atoms with van der Waals surface area (Å²) < 4.78 is 0. The molecular formula is C14H19N3O4. The van der Waals surface area contributed by atoms with Gasteiger partial charge in [-0.15, -0.1) is 0 Å². The van der Waals surface area contributed by atoms with Gasteiger partial charge in [0.05, 0.1) is 0 Å². The van der Waals surface area contributed by atoms with Crippen LogP contribution in [0, 0.1) is 0 Å². The van der Waals surface area contributed by atoms with E-state index in [2.05, 4.69) is 17.1 Å². The Morgan fingerprint density at radius 2 is 1.90 bits per heavy atom. The first-order valence-corrected chi connectivity index (χ1v) is 6.86. The van der Waals surface area contributed by atoms with Gasteiger partial charge in [-0.3, -0.25) is 0 Å². The van der Waals surface area contributed by atoms with E-state index in [4.69, 9.17) is 5.11 Å². The molecule has 2 rings (SSSR count). The second kappa shape index (κ2) is 6.45. The zero-order valence-electron chi connectivity index (χ0n) is 11.9. The van der Waals surface area contributed by atoms with Gasteiger partial charge in [0, 0.05) is 37.9 Å². The summed E-state index contributed by atoms with van der Waals surface area (Å²) in [6.07, 6.45) is 0. The second-order valence-corrected chi connectivity index (χ2v) is 4.89. The van der Waals surface area contributed by atoms with Gasteiger partial charge >= 0.3 is 12.0 Å². The fraction of sp³-hybridized carbons (Fsp3) is 0.429. The summed E-state index contributed by atoms with van der Waals surface area (Å²) in [6.45, 7) is 6.04. The molecule has 0 radical (unpaired) electrons. The highest BCUT2D eigenvalue weighted by Crippen LogP contribution is 2.22. The molecule has 7 heteroatoms. The lowest BCUT2D eigenvalue weighted by atomic mass is 10.2. The lowest BCUT2D eigenvalue weighted by molar-refractivity contribution is 0.0694. The van der Waals surface area contributed by atoms with Crippen molar-refractivity contribution >= 4 is 17.7 Å². The van der Waals surface area contributed by atoms with Crippen molar-refractivity contribution in [2.24, 2.45) is 0 Å². The van der Waals surface area contributed by atoms with Crippen LogP contribution in [0.1, 0.15) is 17.3 Å². The first-order valence-electron chi connectivity index (χ1n) is 6.86. The maximum Gasteiger partial charge on any atom is 0.339 e. The molecule has 0 aromatic heterocycles. The minimum atomic E-state index is -1.21. The number of carboxylic acid groups (broad SMARTS) is 1. The van der Waals surface area contributed by atoms with Gasteiger partial charge < -0.3 is 25.3 Å². The largest absolute Gasteiger partial charge is 0.507 e. The van der Waals surface area contributed by atoms with Gasteiger partial charge in [-0.05, 0) is 18.7 Å². The van der Waals surface area contributed by atoms with Gasteiger partial charge in [0.2, 0.25) is 0 Å². The van der Waals surface area contributed by atoms with Crippen molar-refractivity contribution in [2.75, 3.05) is 38.0 Å². The molecule has 0 aliphatic carbocycles. The molecule has 0 atom stereocenters. The Morgan fingerprint density at radius 1 is 1.24 bits per heavy atom. The number of carbonyl (C=O) groups excluding carboxylic acids is 1. The van der Waals surface area contributed by atoms with Crippen LogP contribution in [-0.4, -0.2) is 64.7 Å². The quantitative estimate of drug-likeness (QED) is 0.780. The molecule has 3 N–H and O–H groups in total. The van der Waals surface area contributed by atoms with Crippen LogP contribution in [0.15, 0.2) is 18.2 Å². The van der Waals surface area contributed by atoms with Crippen molar-refractivity contribution in [1.82, 2.24) is 9.80 Å². The highest BCUT2D eigenvalue weighted by molar-refractivity contribution is 5.94. The van der Waals surface area contributed by atoms with E-state index < -0.39 is 5.97 Å². The van der Waals surface area contributed by atoms with Crippen LogP contribution in [0.3, 0.4) is 0 Å². The Bertz CT molecular complexity index is 539. The Balaban J connectivity index is 1.97. The smallest absolute Gasteiger partial charge is 0.339 e.